The average molecular weight is 405 g/mol. The van der Waals surface area contributed by atoms with Crippen molar-refractivity contribution < 1.29 is 23.8 Å². The molecule has 2 aliphatic rings. The van der Waals surface area contributed by atoms with Gasteiger partial charge in [-0.15, -0.1) is 0 Å². The molecule has 0 spiro atoms. The molecular formula is C20H24FN3O5. The lowest BCUT2D eigenvalue weighted by atomic mass is 10.0. The Balaban J connectivity index is 1.87. The van der Waals surface area contributed by atoms with Crippen molar-refractivity contribution in [2.24, 2.45) is 0 Å². The van der Waals surface area contributed by atoms with Crippen LogP contribution in [0.15, 0.2) is 17.1 Å². The number of nitrogens with zero attached hydrogens (tertiary/aromatic N) is 2. The molecule has 1 unspecified atom stereocenters. The molecule has 2 aromatic rings. The Bertz CT molecular complexity index is 1020. The summed E-state index contributed by atoms with van der Waals surface area (Å²) in [6, 6.07) is 1.50. The summed E-state index contributed by atoms with van der Waals surface area (Å²) in [5.74, 6) is -0.624. The van der Waals surface area contributed by atoms with Crippen LogP contribution in [0.4, 0.5) is 14.9 Å². The number of fused-ring (bicyclic) bond motifs is 1. The minimum atomic E-state index is -1.57. The second kappa shape index (κ2) is 7.64. The minimum Gasteiger partial charge on any atom is -0.449 e. The molecule has 8 nitrogen and oxygen atoms in total. The van der Waals surface area contributed by atoms with Crippen LogP contribution in [0.3, 0.4) is 0 Å². The lowest BCUT2D eigenvalue weighted by Gasteiger charge is -2.36. The first-order chi connectivity index (χ1) is 13.9. The fraction of sp³-hybridized carbons (Fsp3) is 0.500. The molecule has 1 saturated carbocycles. The topological polar surface area (TPSA) is 92.5 Å². The van der Waals surface area contributed by atoms with E-state index < -0.39 is 17.5 Å². The zero-order chi connectivity index (χ0) is 20.7. The van der Waals surface area contributed by atoms with E-state index in [0.717, 1.165) is 24.6 Å². The number of aryl methyl sites for hydroxylation is 1. The van der Waals surface area contributed by atoms with Gasteiger partial charge in [0.05, 0.1) is 30.1 Å². The number of halogens is 1. The summed E-state index contributed by atoms with van der Waals surface area (Å²) in [4.78, 5) is 25.7. The normalized spacial score (nSPS) is 19.6. The highest BCUT2D eigenvalue weighted by molar-refractivity contribution is 5.74. The van der Waals surface area contributed by atoms with Crippen molar-refractivity contribution in [3.05, 3.63) is 39.6 Å². The summed E-state index contributed by atoms with van der Waals surface area (Å²) in [6.07, 6.45) is 1.40. The summed E-state index contributed by atoms with van der Waals surface area (Å²) in [6.45, 7) is 4.05. The Kier molecular flexibility index (Phi) is 5.18. The zero-order valence-corrected chi connectivity index (χ0v) is 16.4. The molecule has 0 aromatic carbocycles. The Labute approximate surface area is 166 Å². The van der Waals surface area contributed by atoms with Crippen LogP contribution in [0.5, 0.6) is 5.75 Å². The Morgan fingerprint density at radius 2 is 2.21 bits per heavy atom. The molecule has 1 saturated heterocycles. The van der Waals surface area contributed by atoms with Crippen LogP contribution in [0.25, 0.3) is 5.52 Å². The number of ether oxygens (including phenoxy) is 2. The van der Waals surface area contributed by atoms with Crippen molar-refractivity contribution in [1.29, 1.82) is 0 Å². The molecule has 9 heteroatoms. The fourth-order valence-electron chi connectivity index (χ4n) is 4.15. The monoisotopic (exact) mass is 405 g/mol. The Hall–Kier alpha value is -2.65. The smallest absolute Gasteiger partial charge is 0.449 e. The van der Waals surface area contributed by atoms with Gasteiger partial charge in [0.15, 0.2) is 11.6 Å². The van der Waals surface area contributed by atoms with Gasteiger partial charge in [-0.3, -0.25) is 9.20 Å². The van der Waals surface area contributed by atoms with E-state index in [-0.39, 0.29) is 17.8 Å². The number of pyridine rings is 2. The van der Waals surface area contributed by atoms with Gasteiger partial charge in [-0.05, 0) is 49.9 Å². The van der Waals surface area contributed by atoms with Crippen LogP contribution in [-0.4, -0.2) is 55.1 Å². The minimum absolute atomic E-state index is 0.0554. The number of hydrogen-bond acceptors (Lipinski definition) is 6. The van der Waals surface area contributed by atoms with Gasteiger partial charge in [-0.25, -0.2) is 9.18 Å². The maximum absolute atomic E-state index is 15.2. The number of nitrogens with one attached hydrogen (secondary N) is 1. The lowest BCUT2D eigenvalue weighted by Crippen LogP contribution is -2.47. The SMILES string of the molecule is CNCC1CN(c2c(F)cn3c(=O)c(OC(=O)O)cc(C4CC4)c3c2C)CCO1. The van der Waals surface area contributed by atoms with E-state index in [4.69, 9.17) is 9.84 Å². The Morgan fingerprint density at radius 3 is 2.86 bits per heavy atom. The third-order valence-corrected chi connectivity index (χ3v) is 5.51. The van der Waals surface area contributed by atoms with E-state index in [1.807, 2.05) is 11.9 Å². The van der Waals surface area contributed by atoms with Crippen molar-refractivity contribution in [1.82, 2.24) is 9.72 Å². The second-order valence-electron chi connectivity index (χ2n) is 7.58. The van der Waals surface area contributed by atoms with Crippen molar-refractivity contribution in [2.75, 3.05) is 38.2 Å². The highest BCUT2D eigenvalue weighted by Gasteiger charge is 2.31. The van der Waals surface area contributed by atoms with E-state index in [2.05, 4.69) is 10.1 Å². The number of morpholine rings is 1. The van der Waals surface area contributed by atoms with E-state index in [1.165, 1.54) is 10.5 Å². The number of carboxylic acid groups (broad SMARTS) is 1. The zero-order valence-electron chi connectivity index (χ0n) is 16.4. The summed E-state index contributed by atoms with van der Waals surface area (Å²) in [5.41, 5.74) is 1.89. The molecule has 1 atom stereocenters. The summed E-state index contributed by atoms with van der Waals surface area (Å²) in [5, 5.41) is 12.0. The molecule has 3 heterocycles. The van der Waals surface area contributed by atoms with Gasteiger partial charge in [0.2, 0.25) is 0 Å². The van der Waals surface area contributed by atoms with Crippen molar-refractivity contribution >= 4 is 17.4 Å². The quantitative estimate of drug-likeness (QED) is 0.736. The maximum atomic E-state index is 15.2. The molecule has 0 radical (unpaired) electrons. The van der Waals surface area contributed by atoms with Crippen molar-refractivity contribution in [3.63, 3.8) is 0 Å². The van der Waals surface area contributed by atoms with Gasteiger partial charge in [-0.2, -0.15) is 0 Å². The van der Waals surface area contributed by atoms with Gasteiger partial charge in [0, 0.05) is 19.6 Å². The number of rotatable bonds is 5. The van der Waals surface area contributed by atoms with E-state index in [9.17, 15) is 9.59 Å². The predicted molar refractivity (Wildman–Crippen MR) is 105 cm³/mol. The van der Waals surface area contributed by atoms with Crippen LogP contribution in [0.1, 0.15) is 29.9 Å². The lowest BCUT2D eigenvalue weighted by molar-refractivity contribution is 0.0419. The van der Waals surface area contributed by atoms with Gasteiger partial charge < -0.3 is 24.8 Å². The first-order valence-corrected chi connectivity index (χ1v) is 9.71. The largest absolute Gasteiger partial charge is 0.511 e. The van der Waals surface area contributed by atoms with Crippen molar-refractivity contribution in [2.45, 2.75) is 31.8 Å². The predicted octanol–water partition coefficient (Wildman–Crippen LogP) is 2.11. The van der Waals surface area contributed by atoms with Crippen LogP contribution >= 0.6 is 0 Å². The number of anilines is 1. The summed E-state index contributed by atoms with van der Waals surface area (Å²) >= 11 is 0. The second-order valence-corrected chi connectivity index (χ2v) is 7.58. The number of likely N-dealkylation sites (N-methyl/N-ethyl adjacent to an activating group) is 1. The molecule has 2 fully saturated rings. The molecule has 29 heavy (non-hydrogen) atoms. The molecule has 0 bridgehead atoms. The third kappa shape index (κ3) is 3.67. The van der Waals surface area contributed by atoms with Crippen molar-refractivity contribution in [3.8, 4) is 5.75 Å². The van der Waals surface area contributed by atoms with Gasteiger partial charge in [0.1, 0.15) is 0 Å². The fourth-order valence-corrected chi connectivity index (χ4v) is 4.15. The average Bonchev–Trinajstić information content (AvgIpc) is 3.50. The van der Waals surface area contributed by atoms with Crippen LogP contribution in [0.2, 0.25) is 0 Å². The molecule has 1 aliphatic carbocycles. The summed E-state index contributed by atoms with van der Waals surface area (Å²) < 4.78 is 26.8. The molecule has 2 N–H and O–H groups in total. The molecule has 1 aliphatic heterocycles. The van der Waals surface area contributed by atoms with Crippen LogP contribution in [0, 0.1) is 12.7 Å². The molecular weight excluding hydrogens is 381 g/mol. The number of aromatic nitrogens is 1. The highest BCUT2D eigenvalue weighted by atomic mass is 19.1. The number of carbonyl (C=O) groups is 1. The standard InChI is InChI=1S/C20H24FN3O5/c1-11-17-14(12-3-4-12)7-16(29-20(26)27)19(25)24(17)10-15(21)18(11)23-5-6-28-13(9-23)8-22-2/h7,10,12-13,22H,3-6,8-9H2,1-2H3,(H,26,27). The maximum Gasteiger partial charge on any atom is 0.511 e. The molecule has 156 valence electrons. The third-order valence-electron chi connectivity index (χ3n) is 5.51. The number of hydrogen-bond donors (Lipinski definition) is 2. The molecule has 4 rings (SSSR count). The first-order valence-electron chi connectivity index (χ1n) is 9.71. The van der Waals surface area contributed by atoms with Gasteiger partial charge >= 0.3 is 6.16 Å². The van der Waals surface area contributed by atoms with E-state index >= 15 is 4.39 Å². The van der Waals surface area contributed by atoms with E-state index in [0.29, 0.717) is 43.0 Å². The van der Waals surface area contributed by atoms with Crippen LogP contribution in [-0.2, 0) is 4.74 Å². The van der Waals surface area contributed by atoms with Gasteiger partial charge in [0.25, 0.3) is 5.56 Å². The first kappa shape index (κ1) is 19.7. The van der Waals surface area contributed by atoms with Gasteiger partial charge in [-0.1, -0.05) is 0 Å². The highest BCUT2D eigenvalue weighted by Crippen LogP contribution is 2.44. The molecule has 0 amide bonds. The molecule has 2 aromatic heterocycles. The van der Waals surface area contributed by atoms with E-state index in [1.54, 1.807) is 6.92 Å². The van der Waals surface area contributed by atoms with Crippen LogP contribution < -0.4 is 20.5 Å². The summed E-state index contributed by atoms with van der Waals surface area (Å²) in [7, 11) is 1.84. The Morgan fingerprint density at radius 1 is 1.45 bits per heavy atom.